The number of hydrogen-bond acceptors (Lipinski definition) is 8. The zero-order valence-electron chi connectivity index (χ0n) is 15.0. The van der Waals surface area contributed by atoms with Gasteiger partial charge in [-0.2, -0.15) is 4.31 Å². The Hall–Kier alpha value is -2.57. The number of sulfonamides is 1. The Labute approximate surface area is 160 Å². The van der Waals surface area contributed by atoms with Gasteiger partial charge in [-0.15, -0.1) is 0 Å². The molecule has 0 radical (unpaired) electrons. The molecule has 0 unspecified atom stereocenters. The smallest absolute Gasteiger partial charge is 0.413 e. The summed E-state index contributed by atoms with van der Waals surface area (Å²) in [5.74, 6) is -3.02. The summed E-state index contributed by atoms with van der Waals surface area (Å²) >= 11 is 0. The molecule has 1 aliphatic rings. The minimum atomic E-state index is -4.17. The van der Waals surface area contributed by atoms with E-state index in [9.17, 15) is 27.2 Å². The molecule has 2 amide bonds. The molecule has 2 rings (SSSR count). The van der Waals surface area contributed by atoms with Gasteiger partial charge in [0.05, 0.1) is 25.4 Å². The number of hydrogen-bond donors (Lipinski definition) is 1. The SMILES string of the molecule is CCOC(=O)NC(=O)COC(=O)c1ccc(F)c(S(=O)(=O)N2CCOCC2)c1. The lowest BCUT2D eigenvalue weighted by molar-refractivity contribution is -0.123. The number of nitrogens with one attached hydrogen (secondary N) is 1. The molecule has 0 bridgehead atoms. The fourth-order valence-electron chi connectivity index (χ4n) is 2.29. The Morgan fingerprint density at radius 1 is 1.21 bits per heavy atom. The monoisotopic (exact) mass is 418 g/mol. The summed E-state index contributed by atoms with van der Waals surface area (Å²) in [5, 5.41) is 1.82. The first-order chi connectivity index (χ1) is 13.3. The molecule has 0 saturated carbocycles. The molecule has 28 heavy (non-hydrogen) atoms. The Morgan fingerprint density at radius 2 is 1.89 bits per heavy atom. The largest absolute Gasteiger partial charge is 0.452 e. The second-order valence-corrected chi connectivity index (χ2v) is 7.41. The molecule has 1 fully saturated rings. The highest BCUT2D eigenvalue weighted by Gasteiger charge is 2.30. The van der Waals surface area contributed by atoms with Gasteiger partial charge in [-0.25, -0.2) is 22.4 Å². The molecule has 1 aromatic rings. The Bertz CT molecular complexity index is 852. The molecule has 12 heteroatoms. The Kier molecular flexibility index (Phi) is 7.43. The van der Waals surface area contributed by atoms with E-state index in [-0.39, 0.29) is 38.5 Å². The van der Waals surface area contributed by atoms with Crippen LogP contribution in [-0.4, -0.2) is 70.2 Å². The van der Waals surface area contributed by atoms with Crippen LogP contribution >= 0.6 is 0 Å². The van der Waals surface area contributed by atoms with E-state index in [1.165, 1.54) is 0 Å². The number of rotatable bonds is 6. The van der Waals surface area contributed by atoms with Crippen LogP contribution in [0.25, 0.3) is 0 Å². The van der Waals surface area contributed by atoms with Gasteiger partial charge in [-0.1, -0.05) is 0 Å². The van der Waals surface area contributed by atoms with Crippen molar-refractivity contribution < 1.29 is 41.4 Å². The van der Waals surface area contributed by atoms with Crippen LogP contribution in [0.5, 0.6) is 0 Å². The molecule has 1 saturated heterocycles. The quantitative estimate of drug-likeness (QED) is 0.652. The topological polar surface area (TPSA) is 128 Å². The van der Waals surface area contributed by atoms with Crippen molar-refractivity contribution in [3.63, 3.8) is 0 Å². The van der Waals surface area contributed by atoms with Crippen LogP contribution in [0, 0.1) is 5.82 Å². The summed E-state index contributed by atoms with van der Waals surface area (Å²) in [5.41, 5.74) is -0.267. The van der Waals surface area contributed by atoms with Crippen molar-refractivity contribution in [1.82, 2.24) is 9.62 Å². The normalized spacial score (nSPS) is 14.9. The maximum atomic E-state index is 14.1. The molecule has 1 aliphatic heterocycles. The fraction of sp³-hybridized carbons (Fsp3) is 0.438. The van der Waals surface area contributed by atoms with E-state index in [4.69, 9.17) is 9.47 Å². The molecule has 1 N–H and O–H groups in total. The molecule has 1 heterocycles. The number of carbonyl (C=O) groups is 3. The minimum absolute atomic E-state index is 0.0505. The Morgan fingerprint density at radius 3 is 2.54 bits per heavy atom. The maximum Gasteiger partial charge on any atom is 0.413 e. The Balaban J connectivity index is 2.08. The van der Waals surface area contributed by atoms with Crippen molar-refractivity contribution in [3.8, 4) is 0 Å². The third-order valence-electron chi connectivity index (χ3n) is 3.61. The number of nitrogens with zero attached hydrogens (tertiary/aromatic N) is 1. The number of imide groups is 1. The molecule has 0 atom stereocenters. The van der Waals surface area contributed by atoms with Crippen LogP contribution in [-0.2, 0) is 29.0 Å². The highest BCUT2D eigenvalue weighted by molar-refractivity contribution is 7.89. The van der Waals surface area contributed by atoms with Crippen LogP contribution < -0.4 is 5.32 Å². The summed E-state index contributed by atoms with van der Waals surface area (Å²) in [6, 6.07) is 2.69. The molecule has 0 aromatic heterocycles. The van der Waals surface area contributed by atoms with E-state index >= 15 is 0 Å². The van der Waals surface area contributed by atoms with Crippen molar-refractivity contribution >= 4 is 28.0 Å². The van der Waals surface area contributed by atoms with Gasteiger partial charge in [0.2, 0.25) is 10.0 Å². The first-order valence-electron chi connectivity index (χ1n) is 8.27. The zero-order valence-corrected chi connectivity index (χ0v) is 15.8. The lowest BCUT2D eigenvalue weighted by atomic mass is 10.2. The van der Waals surface area contributed by atoms with Crippen molar-refractivity contribution in [2.45, 2.75) is 11.8 Å². The first kappa shape index (κ1) is 21.7. The maximum absolute atomic E-state index is 14.1. The number of esters is 1. The van der Waals surface area contributed by atoms with Gasteiger partial charge in [-0.3, -0.25) is 10.1 Å². The van der Waals surface area contributed by atoms with Gasteiger partial charge >= 0.3 is 12.1 Å². The zero-order chi connectivity index (χ0) is 20.7. The van der Waals surface area contributed by atoms with E-state index in [0.717, 1.165) is 22.5 Å². The number of amides is 2. The van der Waals surface area contributed by atoms with Gasteiger partial charge in [-0.05, 0) is 25.1 Å². The van der Waals surface area contributed by atoms with Crippen LogP contribution in [0.1, 0.15) is 17.3 Å². The summed E-state index contributed by atoms with van der Waals surface area (Å²) in [6.07, 6.45) is -0.996. The van der Waals surface area contributed by atoms with Crippen molar-refractivity contribution in [2.75, 3.05) is 39.5 Å². The molecule has 1 aromatic carbocycles. The van der Waals surface area contributed by atoms with Gasteiger partial charge in [0.25, 0.3) is 5.91 Å². The van der Waals surface area contributed by atoms with E-state index in [2.05, 4.69) is 4.74 Å². The van der Waals surface area contributed by atoms with E-state index < -0.39 is 45.3 Å². The highest BCUT2D eigenvalue weighted by atomic mass is 32.2. The molecule has 154 valence electrons. The van der Waals surface area contributed by atoms with Gasteiger partial charge < -0.3 is 14.2 Å². The summed E-state index contributed by atoms with van der Waals surface area (Å²) < 4.78 is 54.6. The third-order valence-corrected chi connectivity index (χ3v) is 5.52. The number of ether oxygens (including phenoxy) is 3. The summed E-state index contributed by atoms with van der Waals surface area (Å²) in [7, 11) is -4.17. The van der Waals surface area contributed by atoms with Gasteiger partial charge in [0.1, 0.15) is 10.7 Å². The van der Waals surface area contributed by atoms with Crippen molar-refractivity contribution in [3.05, 3.63) is 29.6 Å². The highest BCUT2D eigenvalue weighted by Crippen LogP contribution is 2.22. The predicted octanol–water partition coefficient (Wildman–Crippen LogP) is 0.276. The number of morpholine rings is 1. The van der Waals surface area contributed by atoms with Gasteiger partial charge in [0, 0.05) is 13.1 Å². The molecular formula is C16H19FN2O8S. The predicted molar refractivity (Wildman–Crippen MR) is 91.4 cm³/mol. The molecular weight excluding hydrogens is 399 g/mol. The number of benzene rings is 1. The van der Waals surface area contributed by atoms with Crippen LogP contribution in [0.3, 0.4) is 0 Å². The van der Waals surface area contributed by atoms with Crippen LogP contribution in [0.2, 0.25) is 0 Å². The number of alkyl carbamates (subject to hydrolysis) is 1. The average molecular weight is 418 g/mol. The summed E-state index contributed by atoms with van der Waals surface area (Å²) in [4.78, 5) is 34.0. The minimum Gasteiger partial charge on any atom is -0.452 e. The van der Waals surface area contributed by atoms with Crippen molar-refractivity contribution in [2.24, 2.45) is 0 Å². The molecule has 0 aliphatic carbocycles. The van der Waals surface area contributed by atoms with Crippen LogP contribution in [0.15, 0.2) is 23.1 Å². The molecule has 0 spiro atoms. The van der Waals surface area contributed by atoms with E-state index in [1.807, 2.05) is 5.32 Å². The third kappa shape index (κ3) is 5.47. The lowest BCUT2D eigenvalue weighted by Crippen LogP contribution is -2.41. The second-order valence-electron chi connectivity index (χ2n) is 5.51. The van der Waals surface area contributed by atoms with E-state index in [0.29, 0.717) is 0 Å². The average Bonchev–Trinajstić information content (AvgIpc) is 2.67. The van der Waals surface area contributed by atoms with E-state index in [1.54, 1.807) is 6.92 Å². The number of halogens is 1. The lowest BCUT2D eigenvalue weighted by Gasteiger charge is -2.26. The second kappa shape index (κ2) is 9.57. The van der Waals surface area contributed by atoms with Gasteiger partial charge in [0.15, 0.2) is 6.61 Å². The molecule has 10 nitrogen and oxygen atoms in total. The van der Waals surface area contributed by atoms with Crippen molar-refractivity contribution in [1.29, 1.82) is 0 Å². The summed E-state index contributed by atoms with van der Waals surface area (Å²) in [6.45, 7) is 1.27. The first-order valence-corrected chi connectivity index (χ1v) is 9.71. The standard InChI is InChI=1S/C16H19FN2O8S/c1-2-26-16(22)18-14(20)10-27-15(21)11-3-4-12(17)13(9-11)28(23,24)19-5-7-25-8-6-19/h3-4,9H,2,5-8,10H2,1H3,(H,18,20,22). The van der Waals surface area contributed by atoms with Crippen LogP contribution in [0.4, 0.5) is 9.18 Å². The fourth-order valence-corrected chi connectivity index (χ4v) is 3.78. The number of carbonyl (C=O) groups excluding carboxylic acids is 3.